The van der Waals surface area contributed by atoms with E-state index in [4.69, 9.17) is 4.74 Å². The fourth-order valence-corrected chi connectivity index (χ4v) is 1.95. The van der Waals surface area contributed by atoms with Gasteiger partial charge in [-0.05, 0) is 23.8 Å². The van der Waals surface area contributed by atoms with Crippen LogP contribution in [0.5, 0.6) is 0 Å². The molecule has 1 aliphatic rings. The first-order valence-electron chi connectivity index (χ1n) is 6.59. The first-order chi connectivity index (χ1) is 10.5. The molecule has 1 unspecified atom stereocenters. The molecule has 5 nitrogen and oxygen atoms in total. The van der Waals surface area contributed by atoms with Gasteiger partial charge in [0, 0.05) is 6.08 Å². The maximum Gasteiger partial charge on any atom is 0.331 e. The molecule has 1 atom stereocenters. The van der Waals surface area contributed by atoms with Crippen molar-refractivity contribution in [1.29, 1.82) is 0 Å². The van der Waals surface area contributed by atoms with Gasteiger partial charge < -0.3 is 4.74 Å². The fourth-order valence-electron chi connectivity index (χ4n) is 1.95. The van der Waals surface area contributed by atoms with Gasteiger partial charge in [-0.1, -0.05) is 24.8 Å². The zero-order chi connectivity index (χ0) is 16.1. The summed E-state index contributed by atoms with van der Waals surface area (Å²) in [5.41, 5.74) is 0.983. The summed E-state index contributed by atoms with van der Waals surface area (Å²) >= 11 is 0. The first kappa shape index (κ1) is 15.6. The van der Waals surface area contributed by atoms with Gasteiger partial charge in [0.15, 0.2) is 6.17 Å². The number of ether oxygens (including phenoxy) is 1. The first-order valence-corrected chi connectivity index (χ1v) is 6.59. The molecule has 0 aliphatic carbocycles. The molecule has 22 heavy (non-hydrogen) atoms. The van der Waals surface area contributed by atoms with Crippen LogP contribution in [0, 0.1) is 0 Å². The number of esters is 1. The van der Waals surface area contributed by atoms with E-state index < -0.39 is 30.4 Å². The lowest BCUT2D eigenvalue weighted by molar-refractivity contribution is -0.136. The normalized spacial score (nSPS) is 18.0. The van der Waals surface area contributed by atoms with E-state index in [0.29, 0.717) is 11.3 Å². The van der Waals surface area contributed by atoms with Crippen LogP contribution in [-0.4, -0.2) is 30.6 Å². The Bertz CT molecular complexity index is 636. The molecule has 0 aromatic heterocycles. The third-order valence-electron chi connectivity index (χ3n) is 3.00. The Labute approximate surface area is 126 Å². The van der Waals surface area contributed by atoms with Crippen LogP contribution in [0.3, 0.4) is 0 Å². The number of halogens is 1. The largest absolute Gasteiger partial charge is 0.458 e. The van der Waals surface area contributed by atoms with Crippen molar-refractivity contribution in [3.63, 3.8) is 0 Å². The zero-order valence-corrected chi connectivity index (χ0v) is 11.7. The lowest BCUT2D eigenvalue weighted by Gasteiger charge is -2.13. The third-order valence-corrected chi connectivity index (χ3v) is 3.00. The molecule has 0 radical (unpaired) electrons. The van der Waals surface area contributed by atoms with Crippen LogP contribution in [0.2, 0.25) is 0 Å². The topological polar surface area (TPSA) is 63.7 Å². The molecule has 6 heteroatoms. The highest BCUT2D eigenvalue weighted by atomic mass is 19.1. The van der Waals surface area contributed by atoms with Crippen LogP contribution in [0.15, 0.2) is 43.0 Å². The predicted octanol–water partition coefficient (Wildman–Crippen LogP) is 2.03. The Hall–Kier alpha value is -2.76. The van der Waals surface area contributed by atoms with Gasteiger partial charge in [0.2, 0.25) is 5.91 Å². The van der Waals surface area contributed by atoms with E-state index in [-0.39, 0.29) is 6.61 Å². The van der Waals surface area contributed by atoms with Crippen molar-refractivity contribution in [3.05, 3.63) is 48.6 Å². The number of hydrogen-bond acceptors (Lipinski definition) is 4. The number of imide groups is 1. The number of hydrogen-bond donors (Lipinski definition) is 0. The minimum absolute atomic E-state index is 0.131. The maximum absolute atomic E-state index is 13.2. The third kappa shape index (κ3) is 3.46. The van der Waals surface area contributed by atoms with Crippen LogP contribution >= 0.6 is 0 Å². The second-order valence-electron chi connectivity index (χ2n) is 4.58. The summed E-state index contributed by atoms with van der Waals surface area (Å²) in [6.45, 7) is 3.56. The minimum Gasteiger partial charge on any atom is -0.458 e. The summed E-state index contributed by atoms with van der Waals surface area (Å²) in [7, 11) is 0. The van der Waals surface area contributed by atoms with E-state index in [9.17, 15) is 18.8 Å². The summed E-state index contributed by atoms with van der Waals surface area (Å²) in [5.74, 6) is -1.91. The summed E-state index contributed by atoms with van der Waals surface area (Å²) in [5, 5.41) is 0. The maximum atomic E-state index is 13.2. The molecule has 2 amide bonds. The number of rotatable bonds is 5. The van der Waals surface area contributed by atoms with Crippen LogP contribution in [0.25, 0.3) is 6.08 Å². The number of carbonyl (C=O) groups is 3. The minimum atomic E-state index is -1.77. The number of carbonyl (C=O) groups excluding carboxylic acids is 3. The van der Waals surface area contributed by atoms with Crippen molar-refractivity contribution in [3.8, 4) is 0 Å². The lowest BCUT2D eigenvalue weighted by Crippen LogP contribution is -2.30. The number of benzene rings is 1. The monoisotopic (exact) mass is 303 g/mol. The van der Waals surface area contributed by atoms with Crippen LogP contribution in [0.1, 0.15) is 12.0 Å². The number of amides is 2. The molecule has 1 aromatic carbocycles. The van der Waals surface area contributed by atoms with Crippen molar-refractivity contribution in [2.45, 2.75) is 12.6 Å². The molecule has 1 fully saturated rings. The molecule has 1 heterocycles. The molecule has 0 spiro atoms. The van der Waals surface area contributed by atoms with Gasteiger partial charge in [-0.25, -0.2) is 14.1 Å². The quantitative estimate of drug-likeness (QED) is 0.361. The van der Waals surface area contributed by atoms with Gasteiger partial charge in [0.05, 0.1) is 12.1 Å². The van der Waals surface area contributed by atoms with E-state index >= 15 is 0 Å². The lowest BCUT2D eigenvalue weighted by atomic mass is 10.2. The van der Waals surface area contributed by atoms with E-state index in [2.05, 4.69) is 6.58 Å². The molecule has 0 N–H and O–H groups in total. The summed E-state index contributed by atoms with van der Waals surface area (Å²) in [6.07, 6.45) is 2.05. The Morgan fingerprint density at radius 2 is 2.05 bits per heavy atom. The fraction of sp³-hybridized carbons (Fsp3) is 0.188. The summed E-state index contributed by atoms with van der Waals surface area (Å²) in [6, 6.07) is 6.25. The molecule has 0 saturated carbocycles. The second-order valence-corrected chi connectivity index (χ2v) is 4.58. The van der Waals surface area contributed by atoms with Crippen LogP contribution in [0.4, 0.5) is 10.1 Å². The van der Waals surface area contributed by atoms with Gasteiger partial charge in [-0.15, -0.1) is 0 Å². The van der Waals surface area contributed by atoms with Crippen molar-refractivity contribution in [1.82, 2.24) is 0 Å². The van der Waals surface area contributed by atoms with Crippen molar-refractivity contribution in [2.75, 3.05) is 11.5 Å². The van der Waals surface area contributed by atoms with Gasteiger partial charge in [-0.3, -0.25) is 9.59 Å². The Balaban J connectivity index is 2.06. The number of alkyl halides is 1. The molecule has 0 bridgehead atoms. The average Bonchev–Trinajstić information content (AvgIpc) is 2.76. The van der Waals surface area contributed by atoms with Crippen LogP contribution in [-0.2, 0) is 19.1 Å². The SMILES string of the molecule is C=CCOC(=O)C=Cc1ccc(N2C(=O)CC(F)C2=O)cc1. The molecule has 2 rings (SSSR count). The molecule has 1 aliphatic heterocycles. The second kappa shape index (κ2) is 6.80. The molecular weight excluding hydrogens is 289 g/mol. The molecule has 1 saturated heterocycles. The highest BCUT2D eigenvalue weighted by Crippen LogP contribution is 2.24. The zero-order valence-electron chi connectivity index (χ0n) is 11.7. The van der Waals surface area contributed by atoms with E-state index in [1.807, 2.05) is 0 Å². The van der Waals surface area contributed by atoms with Crippen molar-refractivity contribution >= 4 is 29.5 Å². The van der Waals surface area contributed by atoms with Crippen molar-refractivity contribution in [2.24, 2.45) is 0 Å². The Kier molecular flexibility index (Phi) is 4.83. The molecule has 114 valence electrons. The Morgan fingerprint density at radius 1 is 1.36 bits per heavy atom. The average molecular weight is 303 g/mol. The van der Waals surface area contributed by atoms with Gasteiger partial charge in [-0.2, -0.15) is 0 Å². The Morgan fingerprint density at radius 3 is 2.59 bits per heavy atom. The molecule has 1 aromatic rings. The predicted molar refractivity (Wildman–Crippen MR) is 78.6 cm³/mol. The highest BCUT2D eigenvalue weighted by molar-refractivity contribution is 6.22. The van der Waals surface area contributed by atoms with E-state index in [0.717, 1.165) is 4.90 Å². The number of nitrogens with zero attached hydrogens (tertiary/aromatic N) is 1. The summed E-state index contributed by atoms with van der Waals surface area (Å²) < 4.78 is 18.0. The smallest absolute Gasteiger partial charge is 0.331 e. The standard InChI is InChI=1S/C16H14FNO4/c1-2-9-22-15(20)8-5-11-3-6-12(7-4-11)18-14(19)10-13(17)16(18)21/h2-8,13H,1,9-10H2. The van der Waals surface area contributed by atoms with Crippen LogP contribution < -0.4 is 4.90 Å². The number of anilines is 1. The van der Waals surface area contributed by atoms with E-state index in [1.54, 1.807) is 12.1 Å². The van der Waals surface area contributed by atoms with Gasteiger partial charge in [0.25, 0.3) is 5.91 Å². The highest BCUT2D eigenvalue weighted by Gasteiger charge is 2.39. The van der Waals surface area contributed by atoms with Crippen molar-refractivity contribution < 1.29 is 23.5 Å². The summed E-state index contributed by atoms with van der Waals surface area (Å²) in [4.78, 5) is 35.2. The van der Waals surface area contributed by atoms with Gasteiger partial charge >= 0.3 is 5.97 Å². The van der Waals surface area contributed by atoms with E-state index in [1.165, 1.54) is 30.4 Å². The van der Waals surface area contributed by atoms with Gasteiger partial charge in [0.1, 0.15) is 6.61 Å². The molecular formula is C16H14FNO4.